The van der Waals surface area contributed by atoms with Crippen LogP contribution in [0, 0.1) is 0 Å². The number of oxime groups is 1. The van der Waals surface area contributed by atoms with Crippen LogP contribution in [0.1, 0.15) is 37.7 Å². The molecule has 0 aliphatic carbocycles. The molecule has 0 aromatic heterocycles. The second-order valence-electron chi connectivity index (χ2n) is 5.47. The molecule has 0 amide bonds. The Hall–Kier alpha value is -1.35. The Morgan fingerprint density at radius 2 is 1.78 bits per heavy atom. The van der Waals surface area contributed by atoms with Gasteiger partial charge in [-0.25, -0.2) is 0 Å². The molecule has 2 bridgehead atoms. The number of benzene rings is 1. The first-order valence-corrected chi connectivity index (χ1v) is 6.86. The third-order valence-electron chi connectivity index (χ3n) is 4.30. The summed E-state index contributed by atoms with van der Waals surface area (Å²) in [7, 11) is 0. The van der Waals surface area contributed by atoms with Gasteiger partial charge in [0.2, 0.25) is 0 Å². The third-order valence-corrected chi connectivity index (χ3v) is 4.30. The third kappa shape index (κ3) is 2.27. The first kappa shape index (κ1) is 11.7. The lowest BCUT2D eigenvalue weighted by Gasteiger charge is -2.46. The molecule has 2 saturated heterocycles. The van der Waals surface area contributed by atoms with Gasteiger partial charge in [-0.2, -0.15) is 0 Å². The van der Waals surface area contributed by atoms with E-state index in [0.717, 1.165) is 25.1 Å². The SMILES string of the molecule is O/N=C1/C[C@H]2CCC[C@@H](C1)N2Cc1ccccc1. The molecule has 0 unspecified atom stereocenters. The van der Waals surface area contributed by atoms with Crippen molar-refractivity contribution in [2.24, 2.45) is 5.16 Å². The molecule has 0 saturated carbocycles. The van der Waals surface area contributed by atoms with Crippen LogP contribution in [0.2, 0.25) is 0 Å². The van der Waals surface area contributed by atoms with E-state index in [1.807, 2.05) is 0 Å². The highest BCUT2D eigenvalue weighted by molar-refractivity contribution is 5.85. The van der Waals surface area contributed by atoms with E-state index in [4.69, 9.17) is 5.21 Å². The number of hydrogen-bond acceptors (Lipinski definition) is 3. The summed E-state index contributed by atoms with van der Waals surface area (Å²) in [5, 5.41) is 12.5. The Morgan fingerprint density at radius 1 is 1.11 bits per heavy atom. The second-order valence-corrected chi connectivity index (χ2v) is 5.47. The van der Waals surface area contributed by atoms with Crippen LogP contribution < -0.4 is 0 Å². The number of hydrogen-bond donors (Lipinski definition) is 1. The molecule has 0 spiro atoms. The average Bonchev–Trinajstić information content (AvgIpc) is 2.39. The summed E-state index contributed by atoms with van der Waals surface area (Å²) in [6.07, 6.45) is 5.68. The Kier molecular flexibility index (Phi) is 3.33. The molecular weight excluding hydrogens is 224 g/mol. The van der Waals surface area contributed by atoms with Gasteiger partial charge in [-0.3, -0.25) is 4.90 Å². The minimum absolute atomic E-state index is 0.573. The topological polar surface area (TPSA) is 35.8 Å². The van der Waals surface area contributed by atoms with Gasteiger partial charge in [0.15, 0.2) is 0 Å². The first-order chi connectivity index (χ1) is 8.86. The lowest BCUT2D eigenvalue weighted by molar-refractivity contribution is 0.0668. The van der Waals surface area contributed by atoms with Crippen LogP contribution in [-0.2, 0) is 6.54 Å². The highest BCUT2D eigenvalue weighted by Gasteiger charge is 2.36. The number of piperidine rings is 2. The second kappa shape index (κ2) is 5.11. The predicted molar refractivity (Wildman–Crippen MR) is 71.9 cm³/mol. The monoisotopic (exact) mass is 244 g/mol. The predicted octanol–water partition coefficient (Wildman–Crippen LogP) is 3.03. The maximum absolute atomic E-state index is 8.99. The van der Waals surface area contributed by atoms with Gasteiger partial charge in [0, 0.05) is 31.5 Å². The quantitative estimate of drug-likeness (QED) is 0.641. The Labute approximate surface area is 108 Å². The largest absolute Gasteiger partial charge is 0.411 e. The molecular formula is C15H20N2O. The van der Waals surface area contributed by atoms with Crippen molar-refractivity contribution >= 4 is 5.71 Å². The summed E-state index contributed by atoms with van der Waals surface area (Å²) in [6, 6.07) is 11.8. The number of rotatable bonds is 2. The fourth-order valence-corrected chi connectivity index (χ4v) is 3.42. The maximum Gasteiger partial charge on any atom is 0.0601 e. The number of fused-ring (bicyclic) bond motifs is 2. The van der Waals surface area contributed by atoms with Crippen molar-refractivity contribution in [2.45, 2.75) is 50.7 Å². The van der Waals surface area contributed by atoms with Gasteiger partial charge in [0.25, 0.3) is 0 Å². The van der Waals surface area contributed by atoms with Crippen molar-refractivity contribution in [3.8, 4) is 0 Å². The van der Waals surface area contributed by atoms with E-state index in [-0.39, 0.29) is 0 Å². The van der Waals surface area contributed by atoms with Crippen molar-refractivity contribution < 1.29 is 5.21 Å². The molecule has 3 heteroatoms. The van der Waals surface area contributed by atoms with E-state index in [9.17, 15) is 0 Å². The summed E-state index contributed by atoms with van der Waals surface area (Å²) in [4.78, 5) is 2.62. The molecule has 2 atom stereocenters. The van der Waals surface area contributed by atoms with Crippen molar-refractivity contribution in [1.29, 1.82) is 0 Å². The molecule has 96 valence electrons. The zero-order valence-corrected chi connectivity index (χ0v) is 10.6. The summed E-state index contributed by atoms with van der Waals surface area (Å²) in [5.74, 6) is 0. The lowest BCUT2D eigenvalue weighted by Crippen LogP contribution is -2.51. The molecule has 0 radical (unpaired) electrons. The summed E-state index contributed by atoms with van der Waals surface area (Å²) in [6.45, 7) is 1.04. The molecule has 2 heterocycles. The fraction of sp³-hybridized carbons (Fsp3) is 0.533. The van der Waals surface area contributed by atoms with E-state index in [1.165, 1.54) is 24.8 Å². The van der Waals surface area contributed by atoms with Crippen molar-refractivity contribution in [2.75, 3.05) is 0 Å². The maximum atomic E-state index is 8.99. The van der Waals surface area contributed by atoms with Gasteiger partial charge >= 0.3 is 0 Å². The zero-order chi connectivity index (χ0) is 12.4. The lowest BCUT2D eigenvalue weighted by atomic mass is 9.83. The molecule has 2 aliphatic rings. The van der Waals surface area contributed by atoms with Gasteiger partial charge < -0.3 is 5.21 Å². The van der Waals surface area contributed by atoms with Crippen molar-refractivity contribution in [3.05, 3.63) is 35.9 Å². The van der Waals surface area contributed by atoms with Crippen LogP contribution in [0.15, 0.2) is 35.5 Å². The van der Waals surface area contributed by atoms with E-state index < -0.39 is 0 Å². The highest BCUT2D eigenvalue weighted by atomic mass is 16.4. The Morgan fingerprint density at radius 3 is 2.39 bits per heavy atom. The molecule has 3 nitrogen and oxygen atoms in total. The normalized spacial score (nSPS) is 30.6. The van der Waals surface area contributed by atoms with Crippen LogP contribution in [0.5, 0.6) is 0 Å². The van der Waals surface area contributed by atoms with E-state index >= 15 is 0 Å². The molecule has 3 rings (SSSR count). The Balaban J connectivity index is 1.76. The van der Waals surface area contributed by atoms with Crippen LogP contribution in [0.25, 0.3) is 0 Å². The van der Waals surface area contributed by atoms with Gasteiger partial charge in [-0.15, -0.1) is 0 Å². The van der Waals surface area contributed by atoms with Gasteiger partial charge in [-0.05, 0) is 18.4 Å². The van der Waals surface area contributed by atoms with Gasteiger partial charge in [0.1, 0.15) is 0 Å². The van der Waals surface area contributed by atoms with Crippen LogP contribution in [-0.4, -0.2) is 27.9 Å². The molecule has 18 heavy (non-hydrogen) atoms. The minimum atomic E-state index is 0.573. The highest BCUT2D eigenvalue weighted by Crippen LogP contribution is 2.33. The average molecular weight is 244 g/mol. The van der Waals surface area contributed by atoms with Gasteiger partial charge in [-0.1, -0.05) is 41.9 Å². The number of nitrogens with zero attached hydrogens (tertiary/aromatic N) is 2. The first-order valence-electron chi connectivity index (χ1n) is 6.86. The summed E-state index contributed by atoms with van der Waals surface area (Å²) in [5.41, 5.74) is 2.38. The van der Waals surface area contributed by atoms with Gasteiger partial charge in [0.05, 0.1) is 5.71 Å². The van der Waals surface area contributed by atoms with Crippen molar-refractivity contribution in [3.63, 3.8) is 0 Å². The minimum Gasteiger partial charge on any atom is -0.411 e. The van der Waals surface area contributed by atoms with Crippen molar-refractivity contribution in [1.82, 2.24) is 4.90 Å². The molecule has 2 fully saturated rings. The standard InChI is InChI=1S/C15H20N2O/c18-16-13-9-14-7-4-8-15(10-13)17(14)11-12-5-2-1-3-6-12/h1-3,5-6,14-15,18H,4,7-11H2/b16-13-/t14-,15+/m1/s1. The zero-order valence-electron chi connectivity index (χ0n) is 10.6. The van der Waals surface area contributed by atoms with Crippen LogP contribution in [0.4, 0.5) is 0 Å². The van der Waals surface area contributed by atoms with E-state index in [2.05, 4.69) is 40.4 Å². The van der Waals surface area contributed by atoms with Crippen LogP contribution in [0.3, 0.4) is 0 Å². The fourth-order valence-electron chi connectivity index (χ4n) is 3.42. The van der Waals surface area contributed by atoms with E-state index in [0.29, 0.717) is 12.1 Å². The van der Waals surface area contributed by atoms with E-state index in [1.54, 1.807) is 0 Å². The Bertz CT molecular complexity index is 413. The molecule has 2 aliphatic heterocycles. The molecule has 1 aromatic carbocycles. The molecule has 1 N–H and O–H groups in total. The molecule has 1 aromatic rings. The van der Waals surface area contributed by atoms with Crippen LogP contribution >= 0.6 is 0 Å². The summed E-state index contributed by atoms with van der Waals surface area (Å²) >= 11 is 0. The smallest absolute Gasteiger partial charge is 0.0601 e. The summed E-state index contributed by atoms with van der Waals surface area (Å²) < 4.78 is 0.